The first-order chi connectivity index (χ1) is 17.1. The molecule has 3 aromatic carbocycles. The molecule has 0 saturated carbocycles. The molecule has 1 aliphatic heterocycles. The van der Waals surface area contributed by atoms with Gasteiger partial charge in [-0.1, -0.05) is 48.5 Å². The van der Waals surface area contributed by atoms with Crippen LogP contribution in [0.1, 0.15) is 26.3 Å². The van der Waals surface area contributed by atoms with Crippen LogP contribution in [-0.4, -0.2) is 53.0 Å². The van der Waals surface area contributed by atoms with Gasteiger partial charge in [-0.15, -0.1) is 10.2 Å². The molecule has 0 N–H and O–H groups in total. The highest BCUT2D eigenvalue weighted by Gasteiger charge is 2.26. The van der Waals surface area contributed by atoms with Gasteiger partial charge in [-0.05, 0) is 42.5 Å². The molecule has 7 heteroatoms. The molecule has 2 heterocycles. The van der Waals surface area contributed by atoms with Gasteiger partial charge in [0.25, 0.3) is 5.91 Å². The molecule has 0 unspecified atom stereocenters. The predicted octanol–water partition coefficient (Wildman–Crippen LogP) is 4.48. The van der Waals surface area contributed by atoms with E-state index < -0.39 is 0 Å². The quantitative estimate of drug-likeness (QED) is 0.406. The van der Waals surface area contributed by atoms with Crippen molar-refractivity contribution in [2.24, 2.45) is 0 Å². The number of ketones is 1. The van der Waals surface area contributed by atoms with E-state index >= 15 is 0 Å². The van der Waals surface area contributed by atoms with Gasteiger partial charge in [0.1, 0.15) is 5.82 Å². The number of hydrogen-bond donors (Lipinski definition) is 0. The highest BCUT2D eigenvalue weighted by atomic mass is 19.1. The third-order valence-electron chi connectivity index (χ3n) is 6.12. The van der Waals surface area contributed by atoms with Crippen LogP contribution in [0.25, 0.3) is 11.3 Å². The lowest BCUT2D eigenvalue weighted by atomic mass is 9.97. The summed E-state index contributed by atoms with van der Waals surface area (Å²) in [6, 6.07) is 25.8. The summed E-state index contributed by atoms with van der Waals surface area (Å²) < 4.78 is 13.2. The number of piperazine rings is 1. The van der Waals surface area contributed by atoms with Crippen molar-refractivity contribution >= 4 is 17.5 Å². The summed E-state index contributed by atoms with van der Waals surface area (Å²) in [5.74, 6) is 0.118. The zero-order valence-electron chi connectivity index (χ0n) is 19.0. The van der Waals surface area contributed by atoms with E-state index in [1.165, 1.54) is 12.1 Å². The van der Waals surface area contributed by atoms with Crippen molar-refractivity contribution in [3.63, 3.8) is 0 Å². The average Bonchev–Trinajstić information content (AvgIpc) is 2.93. The van der Waals surface area contributed by atoms with Crippen LogP contribution in [0, 0.1) is 5.82 Å². The molecular weight excluding hydrogens is 443 g/mol. The Morgan fingerprint density at radius 3 is 2.00 bits per heavy atom. The second kappa shape index (κ2) is 9.85. The number of carbonyl (C=O) groups is 2. The maximum Gasteiger partial charge on any atom is 0.254 e. The topological polar surface area (TPSA) is 66.4 Å². The van der Waals surface area contributed by atoms with Crippen molar-refractivity contribution in [1.29, 1.82) is 0 Å². The van der Waals surface area contributed by atoms with E-state index in [0.717, 1.165) is 11.4 Å². The minimum atomic E-state index is -0.294. The second-order valence-electron chi connectivity index (χ2n) is 8.30. The normalized spacial score (nSPS) is 13.5. The molecular formula is C28H23FN4O2. The zero-order chi connectivity index (χ0) is 24.2. The van der Waals surface area contributed by atoms with Gasteiger partial charge in [-0.3, -0.25) is 9.59 Å². The Hall–Kier alpha value is -4.39. The Morgan fingerprint density at radius 2 is 1.34 bits per heavy atom. The fraction of sp³-hybridized carbons (Fsp3) is 0.143. The third-order valence-corrected chi connectivity index (χ3v) is 6.12. The minimum Gasteiger partial charge on any atom is -0.352 e. The van der Waals surface area contributed by atoms with Crippen LogP contribution < -0.4 is 4.90 Å². The van der Waals surface area contributed by atoms with Gasteiger partial charge in [0.2, 0.25) is 0 Å². The van der Waals surface area contributed by atoms with E-state index in [-0.39, 0.29) is 17.5 Å². The SMILES string of the molecule is O=C(c1ccccc1)c1ccccc1C(=O)N1CCN(c2ccc(-c3ccc(F)cc3)nn2)CC1. The average molecular weight is 467 g/mol. The molecule has 4 aromatic rings. The molecule has 1 amide bonds. The van der Waals surface area contributed by atoms with Gasteiger partial charge in [0.15, 0.2) is 11.6 Å². The number of nitrogens with zero attached hydrogens (tertiary/aromatic N) is 4. The summed E-state index contributed by atoms with van der Waals surface area (Å²) in [5.41, 5.74) is 2.85. The summed E-state index contributed by atoms with van der Waals surface area (Å²) in [7, 11) is 0. The van der Waals surface area contributed by atoms with E-state index in [9.17, 15) is 14.0 Å². The van der Waals surface area contributed by atoms with Crippen LogP contribution in [0.15, 0.2) is 91.0 Å². The van der Waals surface area contributed by atoms with Crippen molar-refractivity contribution in [3.05, 3.63) is 114 Å². The summed E-state index contributed by atoms with van der Waals surface area (Å²) in [6.07, 6.45) is 0. The van der Waals surface area contributed by atoms with E-state index in [1.807, 2.05) is 30.3 Å². The van der Waals surface area contributed by atoms with Gasteiger partial charge < -0.3 is 9.80 Å². The first kappa shape index (κ1) is 22.4. The first-order valence-corrected chi connectivity index (χ1v) is 11.4. The number of hydrogen-bond acceptors (Lipinski definition) is 5. The van der Waals surface area contributed by atoms with Gasteiger partial charge in [0, 0.05) is 42.9 Å². The maximum absolute atomic E-state index is 13.3. The molecule has 0 bridgehead atoms. The van der Waals surface area contributed by atoms with Crippen LogP contribution in [0.5, 0.6) is 0 Å². The highest BCUT2D eigenvalue weighted by Crippen LogP contribution is 2.21. The van der Waals surface area contributed by atoms with E-state index in [0.29, 0.717) is 48.6 Å². The Morgan fingerprint density at radius 1 is 0.686 bits per heavy atom. The molecule has 0 aliphatic carbocycles. The molecule has 0 atom stereocenters. The third kappa shape index (κ3) is 4.80. The van der Waals surface area contributed by atoms with Crippen LogP contribution in [-0.2, 0) is 0 Å². The van der Waals surface area contributed by atoms with E-state index in [4.69, 9.17) is 0 Å². The Kier molecular flexibility index (Phi) is 6.30. The molecule has 35 heavy (non-hydrogen) atoms. The lowest BCUT2D eigenvalue weighted by Crippen LogP contribution is -2.49. The highest BCUT2D eigenvalue weighted by molar-refractivity contribution is 6.15. The fourth-order valence-corrected chi connectivity index (χ4v) is 4.19. The number of anilines is 1. The van der Waals surface area contributed by atoms with Crippen molar-refractivity contribution in [3.8, 4) is 11.3 Å². The van der Waals surface area contributed by atoms with Crippen molar-refractivity contribution < 1.29 is 14.0 Å². The van der Waals surface area contributed by atoms with E-state index in [2.05, 4.69) is 15.1 Å². The van der Waals surface area contributed by atoms with Crippen molar-refractivity contribution in [2.75, 3.05) is 31.1 Å². The first-order valence-electron chi connectivity index (χ1n) is 11.4. The van der Waals surface area contributed by atoms with E-state index in [1.54, 1.807) is 53.4 Å². The van der Waals surface area contributed by atoms with Crippen LogP contribution in [0.4, 0.5) is 10.2 Å². The number of benzene rings is 3. The molecule has 1 aromatic heterocycles. The Labute approximate surface area is 202 Å². The Balaban J connectivity index is 1.26. The minimum absolute atomic E-state index is 0.151. The molecule has 1 aliphatic rings. The number of rotatable bonds is 5. The van der Waals surface area contributed by atoms with Crippen LogP contribution in [0.2, 0.25) is 0 Å². The van der Waals surface area contributed by atoms with Crippen molar-refractivity contribution in [2.45, 2.75) is 0 Å². The molecule has 5 rings (SSSR count). The monoisotopic (exact) mass is 466 g/mol. The van der Waals surface area contributed by atoms with Crippen molar-refractivity contribution in [1.82, 2.24) is 15.1 Å². The van der Waals surface area contributed by atoms with Gasteiger partial charge >= 0.3 is 0 Å². The van der Waals surface area contributed by atoms with Gasteiger partial charge in [-0.2, -0.15) is 0 Å². The summed E-state index contributed by atoms with van der Waals surface area (Å²) in [6.45, 7) is 2.22. The number of amides is 1. The fourth-order valence-electron chi connectivity index (χ4n) is 4.19. The van der Waals surface area contributed by atoms with Gasteiger partial charge in [0.05, 0.1) is 11.3 Å². The standard InChI is InChI=1S/C28H23FN4O2/c29-22-12-10-20(11-13-22)25-14-15-26(31-30-25)32-16-18-33(19-17-32)28(35)24-9-5-4-8-23(24)27(34)21-6-2-1-3-7-21/h1-15H,16-19H2. The number of carbonyl (C=O) groups excluding carboxylic acids is 2. The molecule has 0 spiro atoms. The molecule has 6 nitrogen and oxygen atoms in total. The van der Waals surface area contributed by atoms with Crippen LogP contribution in [0.3, 0.4) is 0 Å². The molecule has 1 fully saturated rings. The van der Waals surface area contributed by atoms with Crippen LogP contribution >= 0.6 is 0 Å². The van der Waals surface area contributed by atoms with Gasteiger partial charge in [-0.25, -0.2) is 4.39 Å². The second-order valence-corrected chi connectivity index (χ2v) is 8.30. The molecule has 0 radical (unpaired) electrons. The maximum atomic E-state index is 13.3. The zero-order valence-corrected chi connectivity index (χ0v) is 19.0. The summed E-state index contributed by atoms with van der Waals surface area (Å²) in [4.78, 5) is 30.2. The molecule has 1 saturated heterocycles. The molecule has 174 valence electrons. The predicted molar refractivity (Wildman–Crippen MR) is 132 cm³/mol. The smallest absolute Gasteiger partial charge is 0.254 e. The number of aromatic nitrogens is 2. The lowest BCUT2D eigenvalue weighted by molar-refractivity contribution is 0.0742. The summed E-state index contributed by atoms with van der Waals surface area (Å²) in [5, 5.41) is 8.62. The summed E-state index contributed by atoms with van der Waals surface area (Å²) >= 11 is 0. The Bertz CT molecular complexity index is 1330. The largest absolute Gasteiger partial charge is 0.352 e. The number of halogens is 1. The lowest BCUT2D eigenvalue weighted by Gasteiger charge is -2.35.